The monoisotopic (exact) mass is 295 g/mol. The number of aliphatic imine (C=N–C) groups is 1. The minimum atomic E-state index is -0.0462. The van der Waals surface area contributed by atoms with E-state index in [4.69, 9.17) is 9.73 Å². The van der Waals surface area contributed by atoms with Crippen LogP contribution in [0, 0.1) is 11.3 Å². The highest BCUT2D eigenvalue weighted by atomic mass is 16.5. The van der Waals surface area contributed by atoms with Gasteiger partial charge in [0.25, 0.3) is 0 Å². The largest absolute Gasteiger partial charge is 0.362 e. The van der Waals surface area contributed by atoms with E-state index in [-0.39, 0.29) is 23.2 Å². The second-order valence-corrected chi connectivity index (χ2v) is 7.62. The van der Waals surface area contributed by atoms with Crippen molar-refractivity contribution in [2.45, 2.75) is 57.8 Å². The molecule has 1 saturated heterocycles. The summed E-state index contributed by atoms with van der Waals surface area (Å²) in [6.45, 7) is 6.81. The van der Waals surface area contributed by atoms with Gasteiger partial charge in [-0.2, -0.15) is 0 Å². The molecule has 3 aliphatic rings. The Kier molecular flexibility index (Phi) is 3.09. The van der Waals surface area contributed by atoms with Crippen molar-refractivity contribution < 1.29 is 4.74 Å². The van der Waals surface area contributed by atoms with Gasteiger partial charge >= 0.3 is 0 Å². The fourth-order valence-corrected chi connectivity index (χ4v) is 4.53. The summed E-state index contributed by atoms with van der Waals surface area (Å²) in [5.41, 5.74) is 2.62. The summed E-state index contributed by atoms with van der Waals surface area (Å²) in [7, 11) is 0. The maximum atomic E-state index is 6.45. The van der Waals surface area contributed by atoms with Gasteiger partial charge in [0.2, 0.25) is 0 Å². The summed E-state index contributed by atoms with van der Waals surface area (Å²) in [5.74, 6) is 0.462. The molecule has 22 heavy (non-hydrogen) atoms. The molecule has 1 spiro atoms. The molecular weight excluding hydrogens is 270 g/mol. The summed E-state index contributed by atoms with van der Waals surface area (Å²) in [4.78, 5) is 5.23. The Hall–Kier alpha value is -1.41. The van der Waals surface area contributed by atoms with E-state index in [1.165, 1.54) is 24.1 Å². The van der Waals surface area contributed by atoms with Crippen molar-refractivity contribution in [1.29, 1.82) is 0 Å². The van der Waals surface area contributed by atoms with Crippen molar-refractivity contribution in [2.75, 3.05) is 0 Å². The van der Waals surface area contributed by atoms with Gasteiger partial charge in [0.15, 0.2) is 0 Å². The number of hydrogen-bond acceptors (Lipinski definition) is 2. The summed E-state index contributed by atoms with van der Waals surface area (Å²) in [6.07, 6.45) is 8.42. The van der Waals surface area contributed by atoms with Crippen LogP contribution in [0.1, 0.15) is 51.6 Å². The van der Waals surface area contributed by atoms with Gasteiger partial charge in [-0.3, -0.25) is 4.99 Å². The third-order valence-electron chi connectivity index (χ3n) is 5.87. The van der Waals surface area contributed by atoms with Crippen LogP contribution in [0.4, 0.5) is 0 Å². The number of ether oxygens (including phenoxy) is 1. The van der Waals surface area contributed by atoms with Crippen LogP contribution in [-0.4, -0.2) is 17.4 Å². The Morgan fingerprint density at radius 1 is 1.23 bits per heavy atom. The van der Waals surface area contributed by atoms with E-state index in [1.807, 2.05) is 0 Å². The van der Waals surface area contributed by atoms with Crippen LogP contribution < -0.4 is 0 Å². The zero-order valence-electron chi connectivity index (χ0n) is 13.8. The zero-order chi connectivity index (χ0) is 15.4. The van der Waals surface area contributed by atoms with Gasteiger partial charge in [0, 0.05) is 17.0 Å². The third kappa shape index (κ3) is 1.93. The van der Waals surface area contributed by atoms with Gasteiger partial charge in [0.1, 0.15) is 0 Å². The Morgan fingerprint density at radius 2 is 2.00 bits per heavy atom. The van der Waals surface area contributed by atoms with Crippen LogP contribution in [-0.2, 0) is 4.74 Å². The number of rotatable bonds is 2. The molecule has 2 nitrogen and oxygen atoms in total. The fourth-order valence-electron chi connectivity index (χ4n) is 4.53. The topological polar surface area (TPSA) is 21.6 Å². The number of nitrogens with zero attached hydrogens (tertiary/aromatic N) is 1. The molecule has 2 heterocycles. The lowest BCUT2D eigenvalue weighted by molar-refractivity contribution is -0.0840. The van der Waals surface area contributed by atoms with Crippen molar-refractivity contribution in [2.24, 2.45) is 16.3 Å². The molecule has 0 aromatic heterocycles. The number of fused-ring (bicyclic) bond motifs is 1. The van der Waals surface area contributed by atoms with E-state index in [0.717, 1.165) is 6.42 Å². The lowest BCUT2D eigenvalue weighted by atomic mass is 9.71. The van der Waals surface area contributed by atoms with Crippen molar-refractivity contribution in [3.05, 3.63) is 48.0 Å². The van der Waals surface area contributed by atoms with Crippen LogP contribution in [0.3, 0.4) is 0 Å². The van der Waals surface area contributed by atoms with Gasteiger partial charge in [-0.1, -0.05) is 56.3 Å². The highest BCUT2D eigenvalue weighted by Gasteiger charge is 2.58. The highest BCUT2D eigenvalue weighted by molar-refractivity contribution is 5.95. The molecule has 2 bridgehead atoms. The van der Waals surface area contributed by atoms with Gasteiger partial charge < -0.3 is 4.74 Å². The van der Waals surface area contributed by atoms with Crippen LogP contribution in [0.5, 0.6) is 0 Å². The second-order valence-electron chi connectivity index (χ2n) is 7.62. The molecule has 2 aliphatic heterocycles. The first-order valence-corrected chi connectivity index (χ1v) is 8.53. The molecule has 1 aromatic rings. The van der Waals surface area contributed by atoms with Crippen molar-refractivity contribution in [3.63, 3.8) is 0 Å². The SMILES string of the molecule is C[C@H](N=C1[C@@H]2CCC[C@@]23C=C[C@H](O3)C1(C)C)c1ccccc1. The van der Waals surface area contributed by atoms with E-state index >= 15 is 0 Å². The molecule has 1 aromatic carbocycles. The average molecular weight is 295 g/mol. The van der Waals surface area contributed by atoms with E-state index < -0.39 is 0 Å². The zero-order valence-corrected chi connectivity index (χ0v) is 13.8. The minimum absolute atomic E-state index is 0.00541. The summed E-state index contributed by atoms with van der Waals surface area (Å²) < 4.78 is 6.45. The van der Waals surface area contributed by atoms with Crippen molar-refractivity contribution >= 4 is 5.71 Å². The first-order chi connectivity index (χ1) is 10.5. The summed E-state index contributed by atoms with van der Waals surface area (Å²) in [6, 6.07) is 10.8. The smallest absolute Gasteiger partial charge is 0.0952 e. The second kappa shape index (κ2) is 4.79. The number of hydrogen-bond donors (Lipinski definition) is 0. The highest BCUT2D eigenvalue weighted by Crippen LogP contribution is 2.55. The Morgan fingerprint density at radius 3 is 2.77 bits per heavy atom. The van der Waals surface area contributed by atoms with Gasteiger partial charge in [0.05, 0.1) is 17.7 Å². The van der Waals surface area contributed by atoms with Gasteiger partial charge in [-0.25, -0.2) is 0 Å². The maximum Gasteiger partial charge on any atom is 0.0952 e. The lowest BCUT2D eigenvalue weighted by Crippen LogP contribution is -2.53. The van der Waals surface area contributed by atoms with Gasteiger partial charge in [-0.15, -0.1) is 0 Å². The third-order valence-corrected chi connectivity index (χ3v) is 5.87. The maximum absolute atomic E-state index is 6.45. The molecule has 2 fully saturated rings. The first-order valence-electron chi connectivity index (χ1n) is 8.53. The van der Waals surface area contributed by atoms with E-state index in [2.05, 4.69) is 63.3 Å². The molecule has 0 N–H and O–H groups in total. The molecule has 116 valence electrons. The predicted octanol–water partition coefficient (Wildman–Crippen LogP) is 4.72. The normalized spacial score (nSPS) is 38.2. The average Bonchev–Trinajstić information content (AvgIpc) is 3.12. The molecule has 2 heteroatoms. The molecule has 0 amide bonds. The minimum Gasteiger partial charge on any atom is -0.362 e. The van der Waals surface area contributed by atoms with Crippen molar-refractivity contribution in [1.82, 2.24) is 0 Å². The molecule has 0 radical (unpaired) electrons. The fraction of sp³-hybridized carbons (Fsp3) is 0.550. The van der Waals surface area contributed by atoms with Crippen LogP contribution in [0.15, 0.2) is 47.5 Å². The van der Waals surface area contributed by atoms with E-state index in [0.29, 0.717) is 5.92 Å². The van der Waals surface area contributed by atoms with E-state index in [9.17, 15) is 0 Å². The summed E-state index contributed by atoms with van der Waals surface area (Å²) >= 11 is 0. The molecule has 1 aliphatic carbocycles. The molecule has 1 saturated carbocycles. The Bertz CT molecular complexity index is 630. The molecule has 4 atom stereocenters. The van der Waals surface area contributed by atoms with E-state index in [1.54, 1.807) is 0 Å². The predicted molar refractivity (Wildman–Crippen MR) is 90.2 cm³/mol. The molecule has 0 unspecified atom stereocenters. The lowest BCUT2D eigenvalue weighted by Gasteiger charge is -2.46. The van der Waals surface area contributed by atoms with Crippen molar-refractivity contribution in [3.8, 4) is 0 Å². The molecular formula is C20H25NO. The van der Waals surface area contributed by atoms with Crippen LogP contribution in [0.2, 0.25) is 0 Å². The Labute approximate surface area is 133 Å². The summed E-state index contributed by atoms with van der Waals surface area (Å²) in [5, 5.41) is 0. The quantitative estimate of drug-likeness (QED) is 0.723. The number of benzene rings is 1. The Balaban J connectivity index is 1.75. The van der Waals surface area contributed by atoms with Crippen LogP contribution in [0.25, 0.3) is 0 Å². The first kappa shape index (κ1) is 14.2. The molecule has 4 rings (SSSR count). The standard InChI is InChI=1S/C20H25NO/c1-14(15-8-5-4-6-9-15)21-18-16-10-7-12-20(16)13-11-17(22-20)19(18,2)3/h4-6,8-9,11,13-14,16-17H,7,10,12H2,1-3H3/t14-,16-,17-,20+/m0/s1. The van der Waals surface area contributed by atoms with Crippen LogP contribution >= 0.6 is 0 Å². The van der Waals surface area contributed by atoms with Gasteiger partial charge in [-0.05, 0) is 31.7 Å².